The van der Waals surface area contributed by atoms with E-state index in [0.717, 1.165) is 9.87 Å². The van der Waals surface area contributed by atoms with Crippen LogP contribution >= 0.6 is 23.2 Å². The number of amides is 2. The van der Waals surface area contributed by atoms with Gasteiger partial charge in [0.15, 0.2) is 0 Å². The number of hydrogen-bond donors (Lipinski definition) is 1. The molecule has 1 atom stereocenters. The molecule has 7 nitrogen and oxygen atoms in total. The quantitative estimate of drug-likeness (QED) is 0.311. The van der Waals surface area contributed by atoms with Crippen LogP contribution in [0.25, 0.3) is 0 Å². The molecule has 0 heterocycles. The van der Waals surface area contributed by atoms with E-state index >= 15 is 0 Å². The van der Waals surface area contributed by atoms with Crippen LogP contribution < -0.4 is 9.62 Å². The van der Waals surface area contributed by atoms with Crippen LogP contribution in [0.5, 0.6) is 0 Å². The lowest BCUT2D eigenvalue weighted by atomic mass is 10.1. The molecule has 208 valence electrons. The van der Waals surface area contributed by atoms with Crippen molar-refractivity contribution in [3.05, 3.63) is 94.0 Å². The minimum absolute atomic E-state index is 0.0269. The Morgan fingerprint density at radius 2 is 1.54 bits per heavy atom. The monoisotopic (exact) mass is 589 g/mol. The summed E-state index contributed by atoms with van der Waals surface area (Å²) in [4.78, 5) is 28.3. The highest BCUT2D eigenvalue weighted by molar-refractivity contribution is 7.92. The van der Waals surface area contributed by atoms with E-state index in [1.54, 1.807) is 67.6 Å². The van der Waals surface area contributed by atoms with Gasteiger partial charge in [0.25, 0.3) is 10.0 Å². The van der Waals surface area contributed by atoms with Gasteiger partial charge in [-0.25, -0.2) is 8.42 Å². The first-order valence-corrected chi connectivity index (χ1v) is 14.7. The van der Waals surface area contributed by atoms with Gasteiger partial charge in [0.1, 0.15) is 12.6 Å². The molecule has 10 heteroatoms. The van der Waals surface area contributed by atoms with Crippen molar-refractivity contribution >= 4 is 50.7 Å². The van der Waals surface area contributed by atoms with Gasteiger partial charge >= 0.3 is 0 Å². The lowest BCUT2D eigenvalue weighted by Crippen LogP contribution is -2.51. The maximum absolute atomic E-state index is 13.9. The number of nitrogens with zero attached hydrogens (tertiary/aromatic N) is 2. The SMILES string of the molecule is Cc1ccc(N(CC(=O)N(Cc2ccc(Cl)c(Cl)c2)C(C)C(=O)NCC(C)C)S(=O)(=O)c2ccccc2)cc1. The molecule has 0 fully saturated rings. The summed E-state index contributed by atoms with van der Waals surface area (Å²) in [5.74, 6) is -0.674. The number of sulfonamides is 1. The molecule has 0 spiro atoms. The Morgan fingerprint density at radius 1 is 0.897 bits per heavy atom. The normalized spacial score (nSPS) is 12.2. The fourth-order valence-electron chi connectivity index (χ4n) is 3.83. The van der Waals surface area contributed by atoms with Gasteiger partial charge in [-0.3, -0.25) is 13.9 Å². The Morgan fingerprint density at radius 3 is 2.13 bits per heavy atom. The van der Waals surface area contributed by atoms with E-state index < -0.39 is 28.5 Å². The third kappa shape index (κ3) is 7.97. The maximum Gasteiger partial charge on any atom is 0.264 e. The Bertz CT molecular complexity index is 1400. The van der Waals surface area contributed by atoms with E-state index in [-0.39, 0.29) is 23.3 Å². The molecule has 0 aliphatic heterocycles. The fraction of sp³-hybridized carbons (Fsp3) is 0.310. The van der Waals surface area contributed by atoms with Crippen LogP contribution in [0.4, 0.5) is 5.69 Å². The van der Waals surface area contributed by atoms with E-state index in [2.05, 4.69) is 5.32 Å². The van der Waals surface area contributed by atoms with Crippen LogP contribution in [-0.2, 0) is 26.2 Å². The largest absolute Gasteiger partial charge is 0.354 e. The maximum atomic E-state index is 13.9. The highest BCUT2D eigenvalue weighted by Gasteiger charge is 2.32. The average molecular weight is 591 g/mol. The number of rotatable bonds is 11. The van der Waals surface area contributed by atoms with Crippen molar-refractivity contribution in [3.8, 4) is 0 Å². The number of benzene rings is 3. The first-order chi connectivity index (χ1) is 18.4. The van der Waals surface area contributed by atoms with Gasteiger partial charge in [0.05, 0.1) is 20.6 Å². The van der Waals surface area contributed by atoms with E-state index in [1.807, 2.05) is 20.8 Å². The second-order valence-electron chi connectivity index (χ2n) is 9.75. The van der Waals surface area contributed by atoms with Crippen molar-refractivity contribution in [2.45, 2.75) is 45.2 Å². The first-order valence-electron chi connectivity index (χ1n) is 12.6. The van der Waals surface area contributed by atoms with E-state index in [9.17, 15) is 18.0 Å². The number of anilines is 1. The van der Waals surface area contributed by atoms with Crippen molar-refractivity contribution < 1.29 is 18.0 Å². The van der Waals surface area contributed by atoms with Gasteiger partial charge in [-0.2, -0.15) is 0 Å². The van der Waals surface area contributed by atoms with Crippen LogP contribution in [0.3, 0.4) is 0 Å². The molecule has 0 bridgehead atoms. The predicted molar refractivity (Wildman–Crippen MR) is 156 cm³/mol. The molecule has 1 unspecified atom stereocenters. The molecule has 0 saturated heterocycles. The Balaban J connectivity index is 2.01. The van der Waals surface area contributed by atoms with Crippen LogP contribution in [0, 0.1) is 12.8 Å². The molecule has 1 N–H and O–H groups in total. The molecule has 3 rings (SSSR count). The number of nitrogens with one attached hydrogen (secondary N) is 1. The second-order valence-corrected chi connectivity index (χ2v) is 12.4. The summed E-state index contributed by atoms with van der Waals surface area (Å²) in [6.07, 6.45) is 0. The summed E-state index contributed by atoms with van der Waals surface area (Å²) < 4.78 is 28.6. The summed E-state index contributed by atoms with van der Waals surface area (Å²) in [6.45, 7) is 7.40. The smallest absolute Gasteiger partial charge is 0.264 e. The molecule has 3 aromatic rings. The summed E-state index contributed by atoms with van der Waals surface area (Å²) in [7, 11) is -4.10. The zero-order chi connectivity index (χ0) is 28.7. The highest BCUT2D eigenvalue weighted by Crippen LogP contribution is 2.26. The number of carbonyl (C=O) groups is 2. The first kappa shape index (κ1) is 30.5. The Labute approximate surface area is 240 Å². The molecule has 39 heavy (non-hydrogen) atoms. The van der Waals surface area contributed by atoms with Gasteiger partial charge in [-0.05, 0) is 61.7 Å². The number of aryl methyl sites for hydroxylation is 1. The summed E-state index contributed by atoms with van der Waals surface area (Å²) >= 11 is 12.3. The molecule has 0 aliphatic carbocycles. The van der Waals surface area contributed by atoms with Crippen LogP contribution in [0.1, 0.15) is 31.9 Å². The topological polar surface area (TPSA) is 86.8 Å². The zero-order valence-electron chi connectivity index (χ0n) is 22.4. The van der Waals surface area contributed by atoms with Crippen molar-refractivity contribution in [1.29, 1.82) is 0 Å². The van der Waals surface area contributed by atoms with Gasteiger partial charge in [-0.1, -0.05) is 79.0 Å². The molecule has 0 radical (unpaired) electrons. The Hall–Kier alpha value is -3.07. The Kier molecular flexibility index (Phi) is 10.4. The van der Waals surface area contributed by atoms with Crippen LogP contribution in [-0.4, -0.2) is 44.3 Å². The molecule has 3 aromatic carbocycles. The number of hydrogen-bond acceptors (Lipinski definition) is 4. The summed E-state index contributed by atoms with van der Waals surface area (Å²) in [6, 6.07) is 18.9. The molecule has 0 aromatic heterocycles. The molecular weight excluding hydrogens is 557 g/mol. The van der Waals surface area contributed by atoms with Crippen molar-refractivity contribution in [2.24, 2.45) is 5.92 Å². The summed E-state index contributed by atoms with van der Waals surface area (Å²) in [5.41, 5.74) is 1.93. The molecule has 0 aliphatic rings. The van der Waals surface area contributed by atoms with E-state index in [0.29, 0.717) is 27.8 Å². The van der Waals surface area contributed by atoms with Gasteiger partial charge < -0.3 is 10.2 Å². The van der Waals surface area contributed by atoms with Crippen molar-refractivity contribution in [3.63, 3.8) is 0 Å². The third-order valence-corrected chi connectivity index (χ3v) is 8.65. The zero-order valence-corrected chi connectivity index (χ0v) is 24.7. The third-order valence-electron chi connectivity index (χ3n) is 6.12. The van der Waals surface area contributed by atoms with E-state index in [4.69, 9.17) is 23.2 Å². The molecule has 0 saturated carbocycles. The van der Waals surface area contributed by atoms with Crippen LogP contribution in [0.2, 0.25) is 10.0 Å². The summed E-state index contributed by atoms with van der Waals surface area (Å²) in [5, 5.41) is 3.53. The second kappa shape index (κ2) is 13.3. The number of carbonyl (C=O) groups excluding carboxylic acids is 2. The average Bonchev–Trinajstić information content (AvgIpc) is 2.91. The van der Waals surface area contributed by atoms with Gasteiger partial charge in [0, 0.05) is 13.1 Å². The van der Waals surface area contributed by atoms with Crippen LogP contribution in [0.15, 0.2) is 77.7 Å². The predicted octanol–water partition coefficient (Wildman–Crippen LogP) is 5.69. The lowest BCUT2D eigenvalue weighted by molar-refractivity contribution is -0.139. The van der Waals surface area contributed by atoms with Crippen molar-refractivity contribution in [1.82, 2.24) is 10.2 Å². The molecular formula is C29H33Cl2N3O4S. The molecule has 2 amide bonds. The lowest BCUT2D eigenvalue weighted by Gasteiger charge is -2.32. The van der Waals surface area contributed by atoms with Gasteiger partial charge in [0.2, 0.25) is 11.8 Å². The highest BCUT2D eigenvalue weighted by atomic mass is 35.5. The van der Waals surface area contributed by atoms with E-state index in [1.165, 1.54) is 17.0 Å². The van der Waals surface area contributed by atoms with Gasteiger partial charge in [-0.15, -0.1) is 0 Å². The minimum Gasteiger partial charge on any atom is -0.354 e. The fourth-order valence-corrected chi connectivity index (χ4v) is 5.59. The number of halogens is 2. The minimum atomic E-state index is -4.10. The standard InChI is InChI=1S/C29H33Cl2N3O4S/c1-20(2)17-32-29(36)22(4)33(18-23-12-15-26(30)27(31)16-23)28(35)19-34(24-13-10-21(3)11-14-24)39(37,38)25-8-6-5-7-9-25/h5-16,20,22H,17-19H2,1-4H3,(H,32,36). The van der Waals surface area contributed by atoms with Crippen molar-refractivity contribution in [2.75, 3.05) is 17.4 Å².